The van der Waals surface area contributed by atoms with E-state index in [9.17, 15) is 0 Å². The fourth-order valence-electron chi connectivity index (χ4n) is 1.81. The van der Waals surface area contributed by atoms with Crippen LogP contribution in [0.3, 0.4) is 0 Å². The van der Waals surface area contributed by atoms with Gasteiger partial charge in [-0.15, -0.1) is 0 Å². The predicted molar refractivity (Wildman–Crippen MR) is 67.8 cm³/mol. The molecule has 0 fully saturated rings. The Kier molecular flexibility index (Phi) is 2.46. The third kappa shape index (κ3) is 1.74. The first-order valence-electron chi connectivity index (χ1n) is 5.16. The average molecular weight is 242 g/mol. The van der Waals surface area contributed by atoms with Crippen molar-refractivity contribution >= 4 is 22.4 Å². The van der Waals surface area contributed by atoms with Crippen LogP contribution in [0.4, 0.5) is 0 Å². The second-order valence-electron chi connectivity index (χ2n) is 3.65. The maximum atomic E-state index is 6.04. The molecule has 0 aliphatic heterocycles. The molecule has 82 valence electrons. The molecule has 2 aromatic heterocycles. The molecule has 0 amide bonds. The van der Waals surface area contributed by atoms with Gasteiger partial charge in [-0.3, -0.25) is 0 Å². The van der Waals surface area contributed by atoms with Gasteiger partial charge in [0.2, 0.25) is 0 Å². The molecule has 3 aromatic rings. The van der Waals surface area contributed by atoms with E-state index in [4.69, 9.17) is 11.6 Å². The third-order valence-electron chi connectivity index (χ3n) is 2.63. The molecule has 0 aliphatic rings. The lowest BCUT2D eigenvalue weighted by Crippen LogP contribution is -1.88. The maximum Gasteiger partial charge on any atom is 0.138 e. The van der Waals surface area contributed by atoms with Crippen molar-refractivity contribution in [3.8, 4) is 11.1 Å². The van der Waals surface area contributed by atoms with Crippen LogP contribution in [0.5, 0.6) is 0 Å². The highest BCUT2D eigenvalue weighted by atomic mass is 35.5. The summed E-state index contributed by atoms with van der Waals surface area (Å²) in [5.41, 5.74) is 2.11. The average Bonchev–Trinajstić information content (AvgIpc) is 2.41. The first-order chi connectivity index (χ1) is 8.36. The molecule has 1 aromatic carbocycles. The fourth-order valence-corrected chi connectivity index (χ4v) is 2.01. The Morgan fingerprint density at radius 2 is 1.53 bits per heavy atom. The van der Waals surface area contributed by atoms with Crippen LogP contribution in [0.25, 0.3) is 21.9 Å². The van der Waals surface area contributed by atoms with E-state index in [0.717, 1.165) is 21.9 Å². The highest BCUT2D eigenvalue weighted by molar-refractivity contribution is 6.34. The molecule has 0 unspecified atom stereocenters. The van der Waals surface area contributed by atoms with Crippen LogP contribution in [0.1, 0.15) is 0 Å². The van der Waals surface area contributed by atoms with E-state index in [1.54, 1.807) is 18.6 Å². The second-order valence-corrected chi connectivity index (χ2v) is 4.00. The zero-order valence-corrected chi connectivity index (χ0v) is 9.59. The Labute approximate surface area is 103 Å². The number of hydrogen-bond donors (Lipinski definition) is 0. The molecular formula is C13H8ClN3. The Morgan fingerprint density at radius 1 is 0.824 bits per heavy atom. The molecule has 4 heteroatoms. The summed E-state index contributed by atoms with van der Waals surface area (Å²) in [4.78, 5) is 4.18. The molecule has 0 radical (unpaired) electrons. The highest BCUT2D eigenvalue weighted by Gasteiger charge is 2.07. The second kappa shape index (κ2) is 4.11. The summed E-state index contributed by atoms with van der Waals surface area (Å²) in [6.45, 7) is 0. The number of fused-ring (bicyclic) bond motifs is 1. The largest absolute Gasteiger partial charge is 0.243 e. The van der Waals surface area contributed by atoms with E-state index in [1.807, 2.05) is 30.3 Å². The van der Waals surface area contributed by atoms with Crippen molar-refractivity contribution < 1.29 is 0 Å². The van der Waals surface area contributed by atoms with E-state index in [2.05, 4.69) is 15.2 Å². The van der Waals surface area contributed by atoms with Crippen molar-refractivity contribution in [3.05, 3.63) is 54.1 Å². The van der Waals surface area contributed by atoms with Crippen molar-refractivity contribution in [1.82, 2.24) is 15.2 Å². The minimum Gasteiger partial charge on any atom is -0.243 e. The van der Waals surface area contributed by atoms with Gasteiger partial charge in [0.25, 0.3) is 0 Å². The monoisotopic (exact) mass is 241 g/mol. The number of aromatic nitrogens is 3. The van der Waals surface area contributed by atoms with E-state index >= 15 is 0 Å². The van der Waals surface area contributed by atoms with Crippen LogP contribution in [-0.4, -0.2) is 15.2 Å². The molecule has 0 spiro atoms. The van der Waals surface area contributed by atoms with Crippen LogP contribution < -0.4 is 0 Å². The van der Waals surface area contributed by atoms with Crippen molar-refractivity contribution in [1.29, 1.82) is 0 Å². The molecule has 17 heavy (non-hydrogen) atoms. The van der Waals surface area contributed by atoms with Crippen molar-refractivity contribution in [2.45, 2.75) is 0 Å². The molecule has 0 saturated carbocycles. The van der Waals surface area contributed by atoms with Gasteiger partial charge in [0, 0.05) is 22.5 Å². The molecule has 3 nitrogen and oxygen atoms in total. The summed E-state index contributed by atoms with van der Waals surface area (Å²) in [6, 6.07) is 10.0. The van der Waals surface area contributed by atoms with Gasteiger partial charge in [-0.05, 0) is 5.56 Å². The van der Waals surface area contributed by atoms with Crippen LogP contribution in [-0.2, 0) is 0 Å². The topological polar surface area (TPSA) is 38.7 Å². The standard InChI is InChI=1S/C13H8ClN3/c14-13-12-8-17-16-7-11(12)10(6-15-13)9-4-2-1-3-5-9/h1-8H. The lowest BCUT2D eigenvalue weighted by atomic mass is 10.0. The SMILES string of the molecule is Clc1ncc(-c2ccccc2)c2cnncc12. The van der Waals surface area contributed by atoms with Gasteiger partial charge in [0.05, 0.1) is 12.4 Å². The van der Waals surface area contributed by atoms with E-state index in [-0.39, 0.29) is 0 Å². The number of halogens is 1. The molecule has 0 aliphatic carbocycles. The Bertz CT molecular complexity index is 668. The number of pyridine rings is 1. The predicted octanol–water partition coefficient (Wildman–Crippen LogP) is 3.35. The molecule has 0 bridgehead atoms. The molecular weight excluding hydrogens is 234 g/mol. The van der Waals surface area contributed by atoms with Gasteiger partial charge >= 0.3 is 0 Å². The molecule has 0 atom stereocenters. The molecule has 0 N–H and O–H groups in total. The van der Waals surface area contributed by atoms with E-state index < -0.39 is 0 Å². The maximum absolute atomic E-state index is 6.04. The number of hydrogen-bond acceptors (Lipinski definition) is 3. The van der Waals surface area contributed by atoms with Gasteiger partial charge in [-0.2, -0.15) is 10.2 Å². The third-order valence-corrected chi connectivity index (χ3v) is 2.94. The summed E-state index contributed by atoms with van der Waals surface area (Å²) in [6.07, 6.45) is 5.12. The minimum atomic E-state index is 0.453. The van der Waals surface area contributed by atoms with E-state index in [1.165, 1.54) is 0 Å². The van der Waals surface area contributed by atoms with Crippen LogP contribution >= 0.6 is 11.6 Å². The summed E-state index contributed by atoms with van der Waals surface area (Å²) in [5, 5.41) is 9.98. The van der Waals surface area contributed by atoms with Crippen LogP contribution in [0.15, 0.2) is 48.9 Å². The highest BCUT2D eigenvalue weighted by Crippen LogP contribution is 2.29. The smallest absolute Gasteiger partial charge is 0.138 e. The lowest BCUT2D eigenvalue weighted by Gasteiger charge is -2.06. The summed E-state index contributed by atoms with van der Waals surface area (Å²) >= 11 is 6.04. The quantitative estimate of drug-likeness (QED) is 0.614. The normalized spacial score (nSPS) is 10.6. The van der Waals surface area contributed by atoms with Gasteiger partial charge in [-0.25, -0.2) is 4.98 Å². The van der Waals surface area contributed by atoms with Crippen molar-refractivity contribution in [3.63, 3.8) is 0 Å². The molecule has 2 heterocycles. The first-order valence-corrected chi connectivity index (χ1v) is 5.54. The summed E-state index contributed by atoms with van der Waals surface area (Å²) in [5.74, 6) is 0. The van der Waals surface area contributed by atoms with Crippen LogP contribution in [0.2, 0.25) is 5.15 Å². The van der Waals surface area contributed by atoms with E-state index in [0.29, 0.717) is 5.15 Å². The molecule has 0 saturated heterocycles. The summed E-state index contributed by atoms with van der Waals surface area (Å²) < 4.78 is 0. The van der Waals surface area contributed by atoms with Crippen LogP contribution in [0, 0.1) is 0 Å². The van der Waals surface area contributed by atoms with Gasteiger partial charge in [-0.1, -0.05) is 41.9 Å². The Hall–Kier alpha value is -2.00. The number of benzene rings is 1. The van der Waals surface area contributed by atoms with Gasteiger partial charge in [0.15, 0.2) is 0 Å². The van der Waals surface area contributed by atoms with Gasteiger partial charge in [0.1, 0.15) is 5.15 Å². The lowest BCUT2D eigenvalue weighted by molar-refractivity contribution is 1.05. The van der Waals surface area contributed by atoms with Crippen molar-refractivity contribution in [2.24, 2.45) is 0 Å². The summed E-state index contributed by atoms with van der Waals surface area (Å²) in [7, 11) is 0. The van der Waals surface area contributed by atoms with Crippen molar-refractivity contribution in [2.75, 3.05) is 0 Å². The first kappa shape index (κ1) is 10.2. The Balaban J connectivity index is 2.35. The molecule has 3 rings (SSSR count). The zero-order valence-electron chi connectivity index (χ0n) is 8.84. The number of rotatable bonds is 1. The number of nitrogens with zero attached hydrogens (tertiary/aromatic N) is 3. The fraction of sp³-hybridized carbons (Fsp3) is 0. The zero-order chi connectivity index (χ0) is 11.7. The minimum absolute atomic E-state index is 0.453. The Morgan fingerprint density at radius 3 is 2.29 bits per heavy atom. The van der Waals surface area contributed by atoms with Gasteiger partial charge < -0.3 is 0 Å².